The van der Waals surface area contributed by atoms with E-state index in [-0.39, 0.29) is 11.2 Å². The Kier molecular flexibility index (Phi) is 3.92. The van der Waals surface area contributed by atoms with E-state index in [0.29, 0.717) is 11.5 Å². The number of rotatable bonds is 1. The normalized spacial score (nSPS) is 50.9. The van der Waals surface area contributed by atoms with Gasteiger partial charge in [-0.1, -0.05) is 25.5 Å². The van der Waals surface area contributed by atoms with Crippen LogP contribution in [0.5, 0.6) is 0 Å². The van der Waals surface area contributed by atoms with Gasteiger partial charge in [-0.3, -0.25) is 0 Å². The van der Waals surface area contributed by atoms with Gasteiger partial charge >= 0.3 is 0 Å². The molecule has 0 aromatic heterocycles. The van der Waals surface area contributed by atoms with Crippen LogP contribution >= 0.6 is 12.9 Å². The monoisotopic (exact) mass is 364 g/mol. The number of thiol groups is 1. The summed E-state index contributed by atoms with van der Waals surface area (Å²) in [4.78, 5) is 0. The molecule has 0 aromatic carbocycles. The smallest absolute Gasteiger partial charge is 0.174 e. The van der Waals surface area contributed by atoms with Gasteiger partial charge in [0.2, 0.25) is 0 Å². The third-order valence-electron chi connectivity index (χ3n) is 9.01. The topological polar surface area (TPSA) is 27.7 Å². The molecule has 3 saturated carbocycles. The SMILES string of the molecule is C[C@]12CC[C@H](OS)CC1=CCC1C2CC[C@@]2(C)C1CCC21OCCO1. The van der Waals surface area contributed by atoms with Crippen LogP contribution in [0.3, 0.4) is 0 Å². The van der Waals surface area contributed by atoms with Crippen molar-refractivity contribution in [2.45, 2.75) is 77.1 Å². The molecule has 0 amide bonds. The molecule has 0 bridgehead atoms. The van der Waals surface area contributed by atoms with Gasteiger partial charge in [0, 0.05) is 11.8 Å². The lowest BCUT2D eigenvalue weighted by Crippen LogP contribution is -2.55. The fraction of sp³-hybridized carbons (Fsp3) is 0.905. The van der Waals surface area contributed by atoms with Crippen molar-refractivity contribution in [1.29, 1.82) is 0 Å². The van der Waals surface area contributed by atoms with Crippen molar-refractivity contribution in [1.82, 2.24) is 0 Å². The predicted octanol–water partition coefficient (Wildman–Crippen LogP) is 4.92. The minimum atomic E-state index is -0.273. The van der Waals surface area contributed by atoms with Gasteiger partial charge in [-0.05, 0) is 81.0 Å². The second-order valence-corrected chi connectivity index (χ2v) is 9.89. The van der Waals surface area contributed by atoms with Gasteiger partial charge in [-0.25, -0.2) is 0 Å². The van der Waals surface area contributed by atoms with Gasteiger partial charge in [0.25, 0.3) is 0 Å². The fourth-order valence-electron chi connectivity index (χ4n) is 7.60. The molecular formula is C21H32O3S. The van der Waals surface area contributed by atoms with E-state index < -0.39 is 0 Å². The molecule has 4 fully saturated rings. The van der Waals surface area contributed by atoms with Gasteiger partial charge in [-0.15, -0.1) is 0 Å². The van der Waals surface area contributed by atoms with Crippen molar-refractivity contribution in [3.63, 3.8) is 0 Å². The molecule has 140 valence electrons. The van der Waals surface area contributed by atoms with Crippen LogP contribution < -0.4 is 0 Å². The first-order chi connectivity index (χ1) is 12.0. The minimum Gasteiger partial charge on any atom is -0.347 e. The summed E-state index contributed by atoms with van der Waals surface area (Å²) in [6.07, 6.45) is 12.6. The van der Waals surface area contributed by atoms with Crippen LogP contribution in [0.15, 0.2) is 11.6 Å². The molecule has 1 spiro atoms. The molecule has 5 aliphatic rings. The van der Waals surface area contributed by atoms with Crippen LogP contribution in [0.25, 0.3) is 0 Å². The maximum absolute atomic E-state index is 6.25. The molecule has 0 aromatic rings. The van der Waals surface area contributed by atoms with E-state index >= 15 is 0 Å². The van der Waals surface area contributed by atoms with Gasteiger partial charge in [0.05, 0.1) is 19.3 Å². The van der Waals surface area contributed by atoms with Crippen molar-refractivity contribution in [3.8, 4) is 0 Å². The highest BCUT2D eigenvalue weighted by Crippen LogP contribution is 2.68. The van der Waals surface area contributed by atoms with Crippen molar-refractivity contribution in [3.05, 3.63) is 11.6 Å². The molecule has 6 atom stereocenters. The summed E-state index contributed by atoms with van der Waals surface area (Å²) in [7, 11) is 0. The molecule has 25 heavy (non-hydrogen) atoms. The standard InChI is InChI=1S/C21H32O3S/c1-19-8-5-15(24-25)13-14(19)3-4-16-17(19)6-9-20(2)18(16)7-10-21(20)22-11-12-23-21/h3,15-18,25H,4-13H2,1-2H3/t15-,16?,17?,18?,19-,20-/m0/s1. The highest BCUT2D eigenvalue weighted by molar-refractivity contribution is 7.75. The van der Waals surface area contributed by atoms with E-state index in [9.17, 15) is 0 Å². The van der Waals surface area contributed by atoms with Crippen LogP contribution in [-0.4, -0.2) is 25.1 Å². The largest absolute Gasteiger partial charge is 0.347 e. The molecule has 3 unspecified atom stereocenters. The van der Waals surface area contributed by atoms with E-state index in [4.69, 9.17) is 13.7 Å². The number of ether oxygens (including phenoxy) is 2. The van der Waals surface area contributed by atoms with Gasteiger partial charge in [0.15, 0.2) is 5.79 Å². The molecule has 1 heterocycles. The van der Waals surface area contributed by atoms with E-state index in [1.165, 1.54) is 32.1 Å². The highest BCUT2D eigenvalue weighted by Gasteiger charge is 2.66. The van der Waals surface area contributed by atoms with Crippen molar-refractivity contribution in [2.75, 3.05) is 13.2 Å². The lowest BCUT2D eigenvalue weighted by molar-refractivity contribution is -0.242. The summed E-state index contributed by atoms with van der Waals surface area (Å²) >= 11 is 4.09. The van der Waals surface area contributed by atoms with E-state index in [1.54, 1.807) is 5.57 Å². The Bertz CT molecular complexity index is 584. The first-order valence-electron chi connectivity index (χ1n) is 10.3. The quantitative estimate of drug-likeness (QED) is 0.406. The average molecular weight is 365 g/mol. The summed E-state index contributed by atoms with van der Waals surface area (Å²) in [6.45, 7) is 6.58. The van der Waals surface area contributed by atoms with Crippen molar-refractivity contribution >= 4 is 12.9 Å². The number of hydrogen-bond acceptors (Lipinski definition) is 4. The fourth-order valence-corrected chi connectivity index (χ4v) is 7.78. The van der Waals surface area contributed by atoms with Crippen LogP contribution in [0, 0.1) is 28.6 Å². The Morgan fingerprint density at radius 1 is 1.04 bits per heavy atom. The first kappa shape index (κ1) is 17.1. The summed E-state index contributed by atoms with van der Waals surface area (Å²) in [6, 6.07) is 0. The molecule has 4 heteroatoms. The van der Waals surface area contributed by atoms with Gasteiger partial charge in [-0.2, -0.15) is 0 Å². The Morgan fingerprint density at radius 2 is 1.80 bits per heavy atom. The molecule has 0 radical (unpaired) electrons. The highest BCUT2D eigenvalue weighted by atomic mass is 32.1. The molecule has 3 nitrogen and oxygen atoms in total. The summed E-state index contributed by atoms with van der Waals surface area (Å²) in [5, 5.41) is 0. The maximum Gasteiger partial charge on any atom is 0.174 e. The van der Waals surface area contributed by atoms with Crippen molar-refractivity contribution < 1.29 is 13.7 Å². The second kappa shape index (κ2) is 5.73. The van der Waals surface area contributed by atoms with Crippen LogP contribution in [0.1, 0.15) is 65.2 Å². The number of hydrogen-bond donors (Lipinski definition) is 1. The summed E-state index contributed by atoms with van der Waals surface area (Å²) in [5.41, 5.74) is 2.24. The van der Waals surface area contributed by atoms with E-state index in [2.05, 4.69) is 32.8 Å². The predicted molar refractivity (Wildman–Crippen MR) is 100 cm³/mol. The molecule has 5 rings (SSSR count). The number of allylic oxidation sites excluding steroid dienone is 1. The summed E-state index contributed by atoms with van der Waals surface area (Å²) < 4.78 is 17.9. The number of fused-ring (bicyclic) bond motifs is 6. The first-order valence-corrected chi connectivity index (χ1v) is 10.7. The van der Waals surface area contributed by atoms with Crippen LogP contribution in [-0.2, 0) is 13.7 Å². The van der Waals surface area contributed by atoms with Crippen molar-refractivity contribution in [2.24, 2.45) is 28.6 Å². The molecule has 1 aliphatic heterocycles. The van der Waals surface area contributed by atoms with Crippen LogP contribution in [0.2, 0.25) is 0 Å². The molecule has 0 N–H and O–H groups in total. The molecular weight excluding hydrogens is 332 g/mol. The molecule has 1 saturated heterocycles. The zero-order valence-corrected chi connectivity index (χ0v) is 16.5. The van der Waals surface area contributed by atoms with Gasteiger partial charge < -0.3 is 13.7 Å². The lowest BCUT2D eigenvalue weighted by atomic mass is 9.47. The second-order valence-electron chi connectivity index (χ2n) is 9.67. The lowest BCUT2D eigenvalue weighted by Gasteiger charge is -2.58. The molecule has 4 aliphatic carbocycles. The Balaban J connectivity index is 1.46. The zero-order valence-electron chi connectivity index (χ0n) is 15.6. The van der Waals surface area contributed by atoms with Crippen LogP contribution in [0.4, 0.5) is 0 Å². The zero-order chi connectivity index (χ0) is 17.3. The maximum atomic E-state index is 6.25. The third-order valence-corrected chi connectivity index (χ3v) is 9.30. The average Bonchev–Trinajstić information content (AvgIpc) is 3.21. The minimum absolute atomic E-state index is 0.206. The Morgan fingerprint density at radius 3 is 2.56 bits per heavy atom. The third kappa shape index (κ3) is 2.17. The summed E-state index contributed by atoms with van der Waals surface area (Å²) in [5.74, 6) is 2.10. The van der Waals surface area contributed by atoms with Gasteiger partial charge in [0.1, 0.15) is 0 Å². The van der Waals surface area contributed by atoms with E-state index in [1.807, 2.05) is 0 Å². The Labute approximate surface area is 157 Å². The van der Waals surface area contributed by atoms with E-state index in [0.717, 1.165) is 50.2 Å². The Hall–Kier alpha value is -0.0300.